The number of carbonyl (C=O) groups excluding carboxylic acids is 1. The lowest BCUT2D eigenvalue weighted by Crippen LogP contribution is -2.17. The van der Waals surface area contributed by atoms with Gasteiger partial charge in [-0.2, -0.15) is 5.26 Å². The predicted molar refractivity (Wildman–Crippen MR) is 111 cm³/mol. The number of aryl methyl sites for hydroxylation is 1. The molecule has 0 fully saturated rings. The minimum atomic E-state index is -0.392. The van der Waals surface area contributed by atoms with Gasteiger partial charge in [-0.1, -0.05) is 24.3 Å². The van der Waals surface area contributed by atoms with E-state index in [0.29, 0.717) is 29.4 Å². The van der Waals surface area contributed by atoms with E-state index in [1.54, 1.807) is 44.4 Å². The Hall–Kier alpha value is -3.92. The van der Waals surface area contributed by atoms with Crippen LogP contribution in [0.1, 0.15) is 27.3 Å². The molecule has 0 spiro atoms. The smallest absolute Gasteiger partial charge is 0.274 e. The summed E-state index contributed by atoms with van der Waals surface area (Å²) in [4.78, 5) is 21.2. The molecule has 0 saturated heterocycles. The summed E-state index contributed by atoms with van der Waals surface area (Å²) in [6.07, 6.45) is 0.776. The average molecular weight is 387 g/mol. The summed E-state index contributed by atoms with van der Waals surface area (Å²) in [5.74, 6) is 0.811. The Morgan fingerprint density at radius 2 is 1.90 bits per heavy atom. The predicted octanol–water partition coefficient (Wildman–Crippen LogP) is 3.57. The molecular weight excluding hydrogens is 366 g/mol. The first kappa shape index (κ1) is 19.8. The van der Waals surface area contributed by atoms with Crippen LogP contribution in [0.3, 0.4) is 0 Å². The Morgan fingerprint density at radius 1 is 1.14 bits per heavy atom. The topological polar surface area (TPSA) is 99.9 Å². The highest BCUT2D eigenvalue weighted by Crippen LogP contribution is 2.16. The highest BCUT2D eigenvalue weighted by molar-refractivity contribution is 6.03. The summed E-state index contributed by atoms with van der Waals surface area (Å²) in [6, 6.07) is 18.3. The maximum atomic E-state index is 12.6. The van der Waals surface area contributed by atoms with Gasteiger partial charge in [0.15, 0.2) is 0 Å². The van der Waals surface area contributed by atoms with Crippen LogP contribution in [0.2, 0.25) is 0 Å². The number of para-hydroxylation sites is 1. The van der Waals surface area contributed by atoms with Crippen molar-refractivity contribution >= 4 is 17.5 Å². The van der Waals surface area contributed by atoms with E-state index in [1.807, 2.05) is 24.3 Å². The first-order valence-corrected chi connectivity index (χ1v) is 9.12. The first-order chi connectivity index (χ1) is 14.1. The molecule has 7 heteroatoms. The molecule has 0 bridgehead atoms. The van der Waals surface area contributed by atoms with Crippen molar-refractivity contribution in [2.24, 2.45) is 0 Å². The van der Waals surface area contributed by atoms with Gasteiger partial charge in [0, 0.05) is 12.2 Å². The van der Waals surface area contributed by atoms with Crippen molar-refractivity contribution in [3.8, 4) is 11.8 Å². The average Bonchev–Trinajstić information content (AvgIpc) is 2.74. The molecule has 0 aliphatic rings. The third-order valence-corrected chi connectivity index (χ3v) is 4.24. The van der Waals surface area contributed by atoms with Gasteiger partial charge in [0.25, 0.3) is 5.91 Å². The third-order valence-electron chi connectivity index (χ3n) is 4.24. The Balaban J connectivity index is 1.65. The van der Waals surface area contributed by atoms with Crippen molar-refractivity contribution in [2.45, 2.75) is 13.3 Å². The fourth-order valence-corrected chi connectivity index (χ4v) is 2.75. The highest BCUT2D eigenvalue weighted by atomic mass is 16.5. The third kappa shape index (κ3) is 5.30. The molecule has 0 radical (unpaired) electrons. The van der Waals surface area contributed by atoms with E-state index < -0.39 is 5.91 Å². The molecule has 7 nitrogen and oxygen atoms in total. The quantitative estimate of drug-likeness (QED) is 0.643. The summed E-state index contributed by atoms with van der Waals surface area (Å²) in [5.41, 5.74) is 2.90. The summed E-state index contributed by atoms with van der Waals surface area (Å²) in [6.45, 7) is 2.42. The largest absolute Gasteiger partial charge is 0.497 e. The minimum absolute atomic E-state index is 0.234. The minimum Gasteiger partial charge on any atom is -0.497 e. The van der Waals surface area contributed by atoms with Gasteiger partial charge in [-0.25, -0.2) is 9.97 Å². The molecule has 29 heavy (non-hydrogen) atoms. The summed E-state index contributed by atoms with van der Waals surface area (Å²) in [7, 11) is 1.64. The fourth-order valence-electron chi connectivity index (χ4n) is 2.75. The summed E-state index contributed by atoms with van der Waals surface area (Å²) < 4.78 is 5.16. The van der Waals surface area contributed by atoms with Crippen LogP contribution >= 0.6 is 0 Å². The number of nitrogens with zero attached hydrogens (tertiary/aromatic N) is 3. The maximum absolute atomic E-state index is 12.6. The van der Waals surface area contributed by atoms with Gasteiger partial charge in [0.05, 0.1) is 18.4 Å². The van der Waals surface area contributed by atoms with Gasteiger partial charge in [-0.05, 0) is 49.2 Å². The molecule has 146 valence electrons. The molecule has 1 heterocycles. The molecule has 0 saturated carbocycles. The van der Waals surface area contributed by atoms with Crippen LogP contribution in [0.4, 0.5) is 11.6 Å². The Bertz CT molecular complexity index is 1040. The van der Waals surface area contributed by atoms with Crippen molar-refractivity contribution in [2.75, 3.05) is 24.3 Å². The second kappa shape index (κ2) is 9.33. The molecule has 0 atom stereocenters. The molecular formula is C22H21N5O2. The van der Waals surface area contributed by atoms with E-state index in [2.05, 4.69) is 26.7 Å². The Labute approximate surface area is 169 Å². The van der Waals surface area contributed by atoms with Gasteiger partial charge >= 0.3 is 0 Å². The first-order valence-electron chi connectivity index (χ1n) is 9.12. The number of benzene rings is 2. The monoisotopic (exact) mass is 387 g/mol. The molecule has 1 amide bonds. The Morgan fingerprint density at radius 3 is 2.62 bits per heavy atom. The number of amides is 1. The molecule has 2 aromatic carbocycles. The standard InChI is InChI=1S/C22H21N5O2/c1-15-13-20(21(28)26-19-6-4-3-5-17(19)14-23)27-22(25-15)24-12-11-16-7-9-18(29-2)10-8-16/h3-10,13H,11-12H2,1-2H3,(H,26,28)(H,24,25,27). The van der Waals surface area contributed by atoms with Gasteiger partial charge in [-0.3, -0.25) is 4.79 Å². The van der Waals surface area contributed by atoms with Crippen LogP contribution in [-0.2, 0) is 6.42 Å². The number of carbonyl (C=O) groups is 1. The van der Waals surface area contributed by atoms with Gasteiger partial charge < -0.3 is 15.4 Å². The van der Waals surface area contributed by atoms with Crippen molar-refractivity contribution in [1.29, 1.82) is 5.26 Å². The van der Waals surface area contributed by atoms with Crippen LogP contribution in [0.25, 0.3) is 0 Å². The number of methoxy groups -OCH3 is 1. The number of nitrogens with one attached hydrogen (secondary N) is 2. The second-order valence-electron chi connectivity index (χ2n) is 6.35. The maximum Gasteiger partial charge on any atom is 0.274 e. The zero-order chi connectivity index (χ0) is 20.6. The number of aromatic nitrogens is 2. The summed E-state index contributed by atoms with van der Waals surface area (Å²) >= 11 is 0. The van der Waals surface area contributed by atoms with E-state index in [1.165, 1.54) is 0 Å². The van der Waals surface area contributed by atoms with Crippen LogP contribution in [0.15, 0.2) is 54.6 Å². The highest BCUT2D eigenvalue weighted by Gasteiger charge is 2.12. The molecule has 1 aromatic heterocycles. The lowest BCUT2D eigenvalue weighted by Gasteiger charge is -2.10. The molecule has 0 aliphatic carbocycles. The number of anilines is 2. The lowest BCUT2D eigenvalue weighted by molar-refractivity contribution is 0.102. The van der Waals surface area contributed by atoms with Crippen LogP contribution in [-0.4, -0.2) is 29.5 Å². The van der Waals surface area contributed by atoms with Crippen molar-refractivity contribution < 1.29 is 9.53 Å². The normalized spacial score (nSPS) is 10.1. The molecule has 0 aliphatic heterocycles. The van der Waals surface area contributed by atoms with E-state index >= 15 is 0 Å². The summed E-state index contributed by atoms with van der Waals surface area (Å²) in [5, 5.41) is 15.1. The van der Waals surface area contributed by atoms with Gasteiger partial charge in [-0.15, -0.1) is 0 Å². The number of hydrogen-bond acceptors (Lipinski definition) is 6. The SMILES string of the molecule is COc1ccc(CCNc2nc(C)cc(C(=O)Nc3ccccc3C#N)n2)cc1. The Kier molecular flexibility index (Phi) is 6.38. The molecule has 0 unspecified atom stereocenters. The van der Waals surface area contributed by atoms with Crippen LogP contribution in [0, 0.1) is 18.3 Å². The van der Waals surface area contributed by atoms with Crippen LogP contribution < -0.4 is 15.4 Å². The zero-order valence-corrected chi connectivity index (χ0v) is 16.3. The van der Waals surface area contributed by atoms with E-state index in [4.69, 9.17) is 10.00 Å². The fraction of sp³-hybridized carbons (Fsp3) is 0.182. The van der Waals surface area contributed by atoms with E-state index in [-0.39, 0.29) is 5.69 Å². The van der Waals surface area contributed by atoms with Crippen molar-refractivity contribution in [3.05, 3.63) is 77.1 Å². The molecule has 2 N–H and O–H groups in total. The van der Waals surface area contributed by atoms with E-state index in [9.17, 15) is 4.79 Å². The zero-order valence-electron chi connectivity index (χ0n) is 16.3. The van der Waals surface area contributed by atoms with Crippen molar-refractivity contribution in [1.82, 2.24) is 9.97 Å². The van der Waals surface area contributed by atoms with Crippen LogP contribution in [0.5, 0.6) is 5.75 Å². The lowest BCUT2D eigenvalue weighted by atomic mass is 10.1. The number of nitriles is 1. The number of hydrogen-bond donors (Lipinski definition) is 2. The second-order valence-corrected chi connectivity index (χ2v) is 6.35. The van der Waals surface area contributed by atoms with E-state index in [0.717, 1.165) is 17.7 Å². The number of rotatable bonds is 7. The molecule has 3 rings (SSSR count). The number of ether oxygens (including phenoxy) is 1. The molecule has 3 aromatic rings. The van der Waals surface area contributed by atoms with Crippen molar-refractivity contribution in [3.63, 3.8) is 0 Å². The van der Waals surface area contributed by atoms with Gasteiger partial charge in [0.2, 0.25) is 5.95 Å². The van der Waals surface area contributed by atoms with Gasteiger partial charge in [0.1, 0.15) is 17.5 Å².